The van der Waals surface area contributed by atoms with Crippen LogP contribution in [0.4, 0.5) is 10.1 Å². The van der Waals surface area contributed by atoms with Gasteiger partial charge in [0.05, 0.1) is 0 Å². The van der Waals surface area contributed by atoms with Crippen molar-refractivity contribution in [1.29, 1.82) is 5.41 Å². The largest absolute Gasteiger partial charge is 0.340 e. The van der Waals surface area contributed by atoms with E-state index in [9.17, 15) is 12.8 Å². The fraction of sp³-hybridized carbons (Fsp3) is 0.0500. The molecule has 2 N–H and O–H groups in total. The molecule has 0 bridgehead atoms. The lowest BCUT2D eigenvalue weighted by Gasteiger charge is -2.11. The van der Waals surface area contributed by atoms with Gasteiger partial charge >= 0.3 is 0 Å². The molecule has 0 saturated carbocycles. The van der Waals surface area contributed by atoms with Crippen LogP contribution in [0.25, 0.3) is 11.1 Å². The fourth-order valence-corrected chi connectivity index (χ4v) is 3.85. The second kappa shape index (κ2) is 7.62. The van der Waals surface area contributed by atoms with E-state index in [1.165, 1.54) is 12.1 Å². The van der Waals surface area contributed by atoms with Crippen molar-refractivity contribution in [3.8, 4) is 11.1 Å². The lowest BCUT2D eigenvalue weighted by Crippen LogP contribution is -2.12. The van der Waals surface area contributed by atoms with Gasteiger partial charge in [0.15, 0.2) is 9.84 Å². The number of benzene rings is 3. The van der Waals surface area contributed by atoms with Crippen LogP contribution in [0.5, 0.6) is 0 Å². The summed E-state index contributed by atoms with van der Waals surface area (Å²) >= 11 is 3.52. The van der Waals surface area contributed by atoms with Crippen LogP contribution in [-0.4, -0.2) is 20.5 Å². The van der Waals surface area contributed by atoms with Crippen molar-refractivity contribution in [3.63, 3.8) is 0 Å². The third-order valence-electron chi connectivity index (χ3n) is 3.96. The molecular formula is C20H16BrFN2O2S. The van der Waals surface area contributed by atoms with E-state index in [0.29, 0.717) is 11.3 Å². The predicted molar refractivity (Wildman–Crippen MR) is 110 cm³/mol. The second-order valence-electron chi connectivity index (χ2n) is 5.97. The molecule has 7 heteroatoms. The van der Waals surface area contributed by atoms with Crippen LogP contribution in [0.1, 0.15) is 5.56 Å². The minimum absolute atomic E-state index is 0.0835. The van der Waals surface area contributed by atoms with Gasteiger partial charge in [-0.3, -0.25) is 5.41 Å². The molecule has 0 unspecified atom stereocenters. The maximum atomic E-state index is 14.0. The smallest absolute Gasteiger partial charge is 0.178 e. The van der Waals surface area contributed by atoms with Crippen molar-refractivity contribution in [2.24, 2.45) is 0 Å². The van der Waals surface area contributed by atoms with Gasteiger partial charge in [-0.1, -0.05) is 58.4 Å². The topological polar surface area (TPSA) is 70.0 Å². The maximum Gasteiger partial charge on any atom is 0.178 e. The highest BCUT2D eigenvalue weighted by molar-refractivity contribution is 9.10. The molecule has 0 aromatic heterocycles. The Labute approximate surface area is 165 Å². The fourth-order valence-electron chi connectivity index (χ4n) is 2.61. The predicted octanol–water partition coefficient (Wildman–Crippen LogP) is 5.10. The number of anilines is 1. The monoisotopic (exact) mass is 446 g/mol. The number of rotatable bonds is 4. The summed E-state index contributed by atoms with van der Waals surface area (Å²) in [5.74, 6) is -0.764. The van der Waals surface area contributed by atoms with Crippen LogP contribution < -0.4 is 5.32 Å². The molecule has 0 amide bonds. The van der Waals surface area contributed by atoms with Crippen LogP contribution >= 0.6 is 15.9 Å². The van der Waals surface area contributed by atoms with Crippen LogP contribution in [-0.2, 0) is 9.84 Å². The van der Waals surface area contributed by atoms with E-state index < -0.39 is 15.7 Å². The molecular weight excluding hydrogens is 431 g/mol. The summed E-state index contributed by atoms with van der Waals surface area (Å²) in [6.45, 7) is 0. The van der Waals surface area contributed by atoms with Gasteiger partial charge in [0, 0.05) is 22.0 Å². The Balaban J connectivity index is 1.79. The van der Waals surface area contributed by atoms with Gasteiger partial charge in [0.25, 0.3) is 0 Å². The van der Waals surface area contributed by atoms with Gasteiger partial charge in [-0.25, -0.2) is 12.8 Å². The maximum absolute atomic E-state index is 14.0. The van der Waals surface area contributed by atoms with Gasteiger partial charge in [0.2, 0.25) is 0 Å². The highest BCUT2D eigenvalue weighted by atomic mass is 79.9. The molecule has 0 radical (unpaired) electrons. The zero-order valence-corrected chi connectivity index (χ0v) is 16.7. The van der Waals surface area contributed by atoms with Crippen molar-refractivity contribution >= 4 is 37.3 Å². The molecule has 3 aromatic rings. The Morgan fingerprint density at radius 3 is 2.30 bits per heavy atom. The van der Waals surface area contributed by atoms with Gasteiger partial charge in [0.1, 0.15) is 16.5 Å². The molecule has 0 aliphatic carbocycles. The summed E-state index contributed by atoms with van der Waals surface area (Å²) in [6.07, 6.45) is 0.952. The molecule has 0 aliphatic heterocycles. The summed E-state index contributed by atoms with van der Waals surface area (Å²) in [5.41, 5.74) is 2.97. The highest BCUT2D eigenvalue weighted by Crippen LogP contribution is 2.28. The summed E-state index contributed by atoms with van der Waals surface area (Å²) < 4.78 is 37.9. The van der Waals surface area contributed by atoms with Crippen LogP contribution in [0, 0.1) is 11.2 Å². The van der Waals surface area contributed by atoms with E-state index in [1.54, 1.807) is 12.1 Å². The average Bonchev–Trinajstić information content (AvgIpc) is 2.61. The molecule has 138 valence electrons. The Morgan fingerprint density at radius 1 is 1.04 bits per heavy atom. The van der Waals surface area contributed by atoms with Crippen molar-refractivity contribution < 1.29 is 12.8 Å². The first-order chi connectivity index (χ1) is 12.8. The normalized spacial score (nSPS) is 11.2. The van der Waals surface area contributed by atoms with E-state index in [4.69, 9.17) is 5.41 Å². The van der Waals surface area contributed by atoms with E-state index in [-0.39, 0.29) is 10.7 Å². The Morgan fingerprint density at radius 2 is 1.70 bits per heavy atom. The van der Waals surface area contributed by atoms with Crippen molar-refractivity contribution in [2.75, 3.05) is 11.6 Å². The number of hydrogen-bond acceptors (Lipinski definition) is 3. The summed E-state index contributed by atoms with van der Waals surface area (Å²) in [6, 6.07) is 18.9. The number of hydrogen-bond donors (Lipinski definition) is 2. The van der Waals surface area contributed by atoms with Gasteiger partial charge in [-0.2, -0.15) is 0 Å². The SMILES string of the molecule is CS(=O)(=O)c1ccc(NC(=N)c2ccc(-c3ccccc3Br)cc2)cc1F. The first-order valence-electron chi connectivity index (χ1n) is 7.96. The standard InChI is InChI=1S/C20H16BrFN2O2S/c1-27(25,26)19-11-10-15(12-18(19)22)24-20(23)14-8-6-13(7-9-14)16-4-2-3-5-17(16)21/h2-12H,1H3,(H2,23,24). The zero-order valence-electron chi connectivity index (χ0n) is 14.3. The van der Waals surface area contributed by atoms with Crippen LogP contribution in [0.2, 0.25) is 0 Å². The Bertz CT molecular complexity index is 1110. The zero-order chi connectivity index (χ0) is 19.6. The summed E-state index contributed by atoms with van der Waals surface area (Å²) in [4.78, 5) is -0.364. The molecule has 3 rings (SSSR count). The summed E-state index contributed by atoms with van der Waals surface area (Å²) in [7, 11) is -3.63. The van der Waals surface area contributed by atoms with Crippen LogP contribution in [0.15, 0.2) is 76.1 Å². The van der Waals surface area contributed by atoms with Crippen LogP contribution in [0.3, 0.4) is 0 Å². The number of halogens is 2. The number of nitrogens with one attached hydrogen (secondary N) is 2. The molecule has 4 nitrogen and oxygen atoms in total. The van der Waals surface area contributed by atoms with Crippen molar-refractivity contribution in [1.82, 2.24) is 0 Å². The minimum Gasteiger partial charge on any atom is -0.340 e. The van der Waals surface area contributed by atoms with Gasteiger partial charge in [-0.15, -0.1) is 0 Å². The molecule has 3 aromatic carbocycles. The molecule has 27 heavy (non-hydrogen) atoms. The third-order valence-corrected chi connectivity index (χ3v) is 5.78. The quantitative estimate of drug-likeness (QED) is 0.432. The lowest BCUT2D eigenvalue weighted by molar-refractivity contribution is 0.571. The van der Waals surface area contributed by atoms with E-state index in [2.05, 4.69) is 21.2 Å². The number of sulfone groups is 1. The van der Waals surface area contributed by atoms with Gasteiger partial charge in [-0.05, 0) is 35.4 Å². The Hall–Kier alpha value is -2.51. The highest BCUT2D eigenvalue weighted by Gasteiger charge is 2.14. The molecule has 0 aliphatic rings. The Kier molecular flexibility index (Phi) is 5.43. The first-order valence-corrected chi connectivity index (χ1v) is 10.6. The lowest BCUT2D eigenvalue weighted by atomic mass is 10.0. The third kappa shape index (κ3) is 4.43. The van der Waals surface area contributed by atoms with Gasteiger partial charge < -0.3 is 5.32 Å². The minimum atomic E-state index is -3.63. The van der Waals surface area contributed by atoms with E-state index >= 15 is 0 Å². The number of amidine groups is 1. The van der Waals surface area contributed by atoms with E-state index in [1.807, 2.05) is 36.4 Å². The first kappa shape index (κ1) is 19.3. The van der Waals surface area contributed by atoms with Crippen molar-refractivity contribution in [2.45, 2.75) is 4.90 Å². The molecule has 0 spiro atoms. The van der Waals surface area contributed by atoms with E-state index in [0.717, 1.165) is 27.9 Å². The molecule has 0 heterocycles. The average molecular weight is 447 g/mol. The molecule has 0 atom stereocenters. The van der Waals surface area contributed by atoms with Crippen molar-refractivity contribution in [3.05, 3.63) is 82.6 Å². The summed E-state index contributed by atoms with van der Waals surface area (Å²) in [5, 5.41) is 11.0. The second-order valence-corrected chi connectivity index (χ2v) is 8.81. The molecule has 0 saturated heterocycles. The molecule has 0 fully saturated rings.